The van der Waals surface area contributed by atoms with Crippen LogP contribution in [0.15, 0.2) is 29.4 Å². The Labute approximate surface area is 80.8 Å². The lowest BCUT2D eigenvalue weighted by molar-refractivity contribution is 0.0696. The van der Waals surface area contributed by atoms with Gasteiger partial charge in [0.1, 0.15) is 6.61 Å². The molecule has 0 radical (unpaired) electrons. The van der Waals surface area contributed by atoms with Crippen LogP contribution in [0.25, 0.3) is 0 Å². The molecule has 0 unspecified atom stereocenters. The van der Waals surface area contributed by atoms with Crippen LogP contribution in [0.5, 0.6) is 0 Å². The Bertz CT molecular complexity index is 398. The van der Waals surface area contributed by atoms with E-state index in [9.17, 15) is 4.79 Å². The molecule has 0 aromatic heterocycles. The molecule has 0 aliphatic carbocycles. The van der Waals surface area contributed by atoms with Crippen molar-refractivity contribution < 1.29 is 14.7 Å². The highest BCUT2D eigenvalue weighted by atomic mass is 16.6. The van der Waals surface area contributed by atoms with Crippen molar-refractivity contribution in [3.05, 3.63) is 35.4 Å². The van der Waals surface area contributed by atoms with E-state index in [4.69, 9.17) is 9.94 Å². The van der Waals surface area contributed by atoms with Gasteiger partial charge < -0.3 is 9.94 Å². The summed E-state index contributed by atoms with van der Waals surface area (Å²) < 4.78 is 0. The van der Waals surface area contributed by atoms with E-state index in [0.717, 1.165) is 0 Å². The molecule has 0 atom stereocenters. The van der Waals surface area contributed by atoms with Crippen molar-refractivity contribution in [1.82, 2.24) is 0 Å². The number of nitrogens with zero attached hydrogens (tertiary/aromatic N) is 1. The Morgan fingerprint density at radius 2 is 2.21 bits per heavy atom. The molecule has 72 valence electrons. The fourth-order valence-electron chi connectivity index (χ4n) is 1.42. The minimum Gasteiger partial charge on any atom is -0.478 e. The monoisotopic (exact) mass is 191 g/mol. The molecule has 0 saturated carbocycles. The molecule has 1 aliphatic heterocycles. The number of rotatable bonds is 2. The van der Waals surface area contributed by atoms with E-state index in [1.807, 2.05) is 0 Å². The molecule has 1 aromatic carbocycles. The average Bonchev–Trinajstić information content (AvgIpc) is 2.70. The van der Waals surface area contributed by atoms with Gasteiger partial charge in [0.15, 0.2) is 0 Å². The molecule has 0 amide bonds. The van der Waals surface area contributed by atoms with Gasteiger partial charge in [-0.15, -0.1) is 0 Å². The summed E-state index contributed by atoms with van der Waals surface area (Å²) in [5.41, 5.74) is 1.64. The van der Waals surface area contributed by atoms with Crippen molar-refractivity contribution in [1.29, 1.82) is 0 Å². The zero-order chi connectivity index (χ0) is 9.97. The van der Waals surface area contributed by atoms with Crippen molar-refractivity contribution >= 4 is 11.7 Å². The average molecular weight is 191 g/mol. The molecule has 1 aliphatic rings. The maximum Gasteiger partial charge on any atom is 0.336 e. The topological polar surface area (TPSA) is 58.9 Å². The van der Waals surface area contributed by atoms with Crippen LogP contribution in [-0.4, -0.2) is 23.4 Å². The Kier molecular flexibility index (Phi) is 2.18. The Morgan fingerprint density at radius 1 is 1.43 bits per heavy atom. The van der Waals surface area contributed by atoms with Crippen molar-refractivity contribution in [2.75, 3.05) is 6.61 Å². The summed E-state index contributed by atoms with van der Waals surface area (Å²) in [5.74, 6) is -0.935. The summed E-state index contributed by atoms with van der Waals surface area (Å²) in [6, 6.07) is 6.81. The van der Waals surface area contributed by atoms with E-state index in [-0.39, 0.29) is 5.56 Å². The summed E-state index contributed by atoms with van der Waals surface area (Å²) in [7, 11) is 0. The third-order valence-corrected chi connectivity index (χ3v) is 2.07. The summed E-state index contributed by atoms with van der Waals surface area (Å²) in [6.07, 6.45) is 0.671. The van der Waals surface area contributed by atoms with Gasteiger partial charge >= 0.3 is 5.97 Å². The third-order valence-electron chi connectivity index (χ3n) is 2.07. The number of aromatic carboxylic acids is 1. The van der Waals surface area contributed by atoms with Gasteiger partial charge in [-0.1, -0.05) is 23.4 Å². The number of hydrogen-bond donors (Lipinski definition) is 1. The Morgan fingerprint density at radius 3 is 2.86 bits per heavy atom. The van der Waals surface area contributed by atoms with Gasteiger partial charge in [-0.3, -0.25) is 0 Å². The third kappa shape index (κ3) is 1.46. The standard InChI is InChI=1S/C10H9NO3/c12-10(13)8-4-2-1-3-7(8)9-5-6-14-11-9/h1-4H,5-6H2,(H,12,13). The van der Waals surface area contributed by atoms with E-state index in [1.165, 1.54) is 0 Å². The van der Waals surface area contributed by atoms with Crippen LogP contribution in [0.3, 0.4) is 0 Å². The molecule has 1 N–H and O–H groups in total. The van der Waals surface area contributed by atoms with Gasteiger partial charge in [-0.05, 0) is 6.07 Å². The minimum atomic E-state index is -0.935. The quantitative estimate of drug-likeness (QED) is 0.770. The first-order valence-corrected chi connectivity index (χ1v) is 4.30. The lowest BCUT2D eigenvalue weighted by Crippen LogP contribution is -2.07. The molecule has 1 aromatic rings. The summed E-state index contributed by atoms with van der Waals surface area (Å²) >= 11 is 0. The lowest BCUT2D eigenvalue weighted by Gasteiger charge is -2.02. The fourth-order valence-corrected chi connectivity index (χ4v) is 1.42. The summed E-state index contributed by atoms with van der Waals surface area (Å²) in [5, 5.41) is 12.7. The molecule has 1 heterocycles. The van der Waals surface area contributed by atoms with Gasteiger partial charge in [0.05, 0.1) is 11.3 Å². The van der Waals surface area contributed by atoms with Crippen molar-refractivity contribution in [2.45, 2.75) is 6.42 Å². The van der Waals surface area contributed by atoms with E-state index in [2.05, 4.69) is 5.16 Å². The second kappa shape index (κ2) is 3.49. The van der Waals surface area contributed by atoms with E-state index in [0.29, 0.717) is 24.3 Å². The van der Waals surface area contributed by atoms with Crippen molar-refractivity contribution in [3.8, 4) is 0 Å². The fraction of sp³-hybridized carbons (Fsp3) is 0.200. The minimum absolute atomic E-state index is 0.275. The van der Waals surface area contributed by atoms with E-state index >= 15 is 0 Å². The van der Waals surface area contributed by atoms with Crippen LogP contribution < -0.4 is 0 Å². The normalized spacial score (nSPS) is 14.7. The van der Waals surface area contributed by atoms with Crippen molar-refractivity contribution in [2.24, 2.45) is 5.16 Å². The molecule has 4 heteroatoms. The zero-order valence-corrected chi connectivity index (χ0v) is 7.43. The predicted octanol–water partition coefficient (Wildman–Crippen LogP) is 1.51. The van der Waals surface area contributed by atoms with Gasteiger partial charge in [0.2, 0.25) is 0 Å². The number of carboxylic acids is 1. The highest BCUT2D eigenvalue weighted by molar-refractivity contribution is 6.08. The Hall–Kier alpha value is -1.84. The molecule has 0 saturated heterocycles. The van der Waals surface area contributed by atoms with Crippen molar-refractivity contribution in [3.63, 3.8) is 0 Å². The predicted molar refractivity (Wildman–Crippen MR) is 50.5 cm³/mol. The highest BCUT2D eigenvalue weighted by Gasteiger charge is 2.17. The number of carboxylic acid groups (broad SMARTS) is 1. The van der Waals surface area contributed by atoms with Crippen LogP contribution in [0, 0.1) is 0 Å². The summed E-state index contributed by atoms with van der Waals surface area (Å²) in [4.78, 5) is 15.7. The Balaban J connectivity index is 2.46. The first kappa shape index (κ1) is 8.74. The van der Waals surface area contributed by atoms with Crippen LogP contribution >= 0.6 is 0 Å². The highest BCUT2D eigenvalue weighted by Crippen LogP contribution is 2.15. The second-order valence-electron chi connectivity index (χ2n) is 2.97. The lowest BCUT2D eigenvalue weighted by atomic mass is 10.0. The maximum absolute atomic E-state index is 10.9. The SMILES string of the molecule is O=C(O)c1ccccc1C1=NOCC1. The number of benzene rings is 1. The molecule has 0 bridgehead atoms. The number of hydrogen-bond acceptors (Lipinski definition) is 3. The molecule has 2 rings (SSSR count). The van der Waals surface area contributed by atoms with Gasteiger partial charge in [-0.2, -0.15) is 0 Å². The van der Waals surface area contributed by atoms with Gasteiger partial charge in [0.25, 0.3) is 0 Å². The molecule has 0 spiro atoms. The molecule has 0 fully saturated rings. The van der Waals surface area contributed by atoms with Crippen LogP contribution in [-0.2, 0) is 4.84 Å². The molecule has 14 heavy (non-hydrogen) atoms. The molecule has 4 nitrogen and oxygen atoms in total. The second-order valence-corrected chi connectivity index (χ2v) is 2.97. The van der Waals surface area contributed by atoms with Crippen LogP contribution in [0.4, 0.5) is 0 Å². The van der Waals surface area contributed by atoms with Crippen LogP contribution in [0.1, 0.15) is 22.3 Å². The van der Waals surface area contributed by atoms with E-state index in [1.54, 1.807) is 24.3 Å². The summed E-state index contributed by atoms with van der Waals surface area (Å²) in [6.45, 7) is 0.531. The maximum atomic E-state index is 10.9. The zero-order valence-electron chi connectivity index (χ0n) is 7.43. The van der Waals surface area contributed by atoms with Crippen LogP contribution in [0.2, 0.25) is 0 Å². The first-order valence-electron chi connectivity index (χ1n) is 4.30. The smallest absolute Gasteiger partial charge is 0.336 e. The molecular formula is C10H9NO3. The largest absolute Gasteiger partial charge is 0.478 e. The van der Waals surface area contributed by atoms with E-state index < -0.39 is 5.97 Å². The molecular weight excluding hydrogens is 182 g/mol. The van der Waals surface area contributed by atoms with Gasteiger partial charge in [-0.25, -0.2) is 4.79 Å². The number of carbonyl (C=O) groups is 1. The number of oxime groups is 1. The first-order chi connectivity index (χ1) is 6.79. The van der Waals surface area contributed by atoms with Gasteiger partial charge in [0, 0.05) is 12.0 Å².